The first-order chi connectivity index (χ1) is 17.0. The minimum absolute atomic E-state index is 0.0414. The summed E-state index contributed by atoms with van der Waals surface area (Å²) in [7, 11) is 0. The van der Waals surface area contributed by atoms with Crippen LogP contribution in [-0.4, -0.2) is 69.3 Å². The van der Waals surface area contributed by atoms with Crippen molar-refractivity contribution in [2.75, 3.05) is 13.2 Å². The zero-order valence-corrected chi connectivity index (χ0v) is 22.0. The first kappa shape index (κ1) is 27.5. The minimum atomic E-state index is -1.16. The highest BCUT2D eigenvalue weighted by Crippen LogP contribution is 2.32. The smallest absolute Gasteiger partial charge is 0.329 e. The number of likely N-dealkylation sites (tertiary alicyclic amines) is 1. The molecule has 10 heteroatoms. The van der Waals surface area contributed by atoms with Crippen molar-refractivity contribution >= 4 is 23.7 Å². The molecular weight excluding hydrogens is 462 g/mol. The van der Waals surface area contributed by atoms with E-state index in [0.29, 0.717) is 25.8 Å². The molecule has 3 rings (SSSR count). The molecule has 1 aliphatic heterocycles. The molecule has 36 heavy (non-hydrogen) atoms. The van der Waals surface area contributed by atoms with Gasteiger partial charge in [0.25, 0.3) is 5.91 Å². The average molecular weight is 502 g/mol. The summed E-state index contributed by atoms with van der Waals surface area (Å²) >= 11 is 0. The van der Waals surface area contributed by atoms with Crippen molar-refractivity contribution in [1.82, 2.24) is 25.5 Å². The van der Waals surface area contributed by atoms with E-state index in [0.717, 1.165) is 19.3 Å². The van der Waals surface area contributed by atoms with Crippen LogP contribution in [0.5, 0.6) is 0 Å². The van der Waals surface area contributed by atoms with E-state index >= 15 is 0 Å². The Hall–Kier alpha value is -3.04. The first-order valence-electron chi connectivity index (χ1n) is 12.9. The highest BCUT2D eigenvalue weighted by Gasteiger charge is 2.48. The van der Waals surface area contributed by atoms with Crippen molar-refractivity contribution in [2.24, 2.45) is 11.3 Å². The summed E-state index contributed by atoms with van der Waals surface area (Å²) in [6.45, 7) is 9.94. The van der Waals surface area contributed by atoms with Crippen molar-refractivity contribution in [3.05, 3.63) is 24.3 Å². The van der Waals surface area contributed by atoms with Crippen LogP contribution in [0.2, 0.25) is 0 Å². The summed E-state index contributed by atoms with van der Waals surface area (Å²) in [6.07, 6.45) is 8.37. The van der Waals surface area contributed by atoms with Gasteiger partial charge in [0.2, 0.25) is 11.8 Å². The van der Waals surface area contributed by atoms with Gasteiger partial charge < -0.3 is 20.3 Å². The van der Waals surface area contributed by atoms with Crippen molar-refractivity contribution < 1.29 is 23.9 Å². The Morgan fingerprint density at radius 2 is 1.86 bits per heavy atom. The molecule has 1 saturated carbocycles. The molecule has 1 saturated heterocycles. The number of hydrogen-bond donors (Lipinski definition) is 2. The maximum absolute atomic E-state index is 13.8. The molecule has 2 N–H and O–H groups in total. The average Bonchev–Trinajstić information content (AvgIpc) is 3.24. The Morgan fingerprint density at radius 1 is 1.17 bits per heavy atom. The van der Waals surface area contributed by atoms with Crippen LogP contribution in [0.15, 0.2) is 18.6 Å². The van der Waals surface area contributed by atoms with E-state index < -0.39 is 40.8 Å². The molecule has 2 aliphatic rings. The molecule has 3 atom stereocenters. The summed E-state index contributed by atoms with van der Waals surface area (Å²) in [4.78, 5) is 62.8. The molecule has 0 radical (unpaired) electrons. The highest BCUT2D eigenvalue weighted by molar-refractivity contribution is 5.99. The van der Waals surface area contributed by atoms with Crippen LogP contribution in [0, 0.1) is 11.3 Å². The number of nitrogens with zero attached hydrogens (tertiary/aromatic N) is 3. The summed E-state index contributed by atoms with van der Waals surface area (Å²) in [5.41, 5.74) is -1.67. The van der Waals surface area contributed by atoms with E-state index in [1.54, 1.807) is 11.8 Å². The Bertz CT molecular complexity index is 955. The van der Waals surface area contributed by atoms with Crippen LogP contribution in [-0.2, 0) is 19.1 Å². The van der Waals surface area contributed by atoms with E-state index in [2.05, 4.69) is 20.6 Å². The molecule has 0 aromatic carbocycles. The third-order valence-corrected chi connectivity index (χ3v) is 7.19. The van der Waals surface area contributed by atoms with Crippen molar-refractivity contribution in [1.29, 1.82) is 0 Å². The molecule has 1 aromatic heterocycles. The Balaban J connectivity index is 1.85. The minimum Gasteiger partial charge on any atom is -0.464 e. The molecular formula is C26H39N5O5. The maximum Gasteiger partial charge on any atom is 0.329 e. The fourth-order valence-corrected chi connectivity index (χ4v) is 5.13. The zero-order valence-electron chi connectivity index (χ0n) is 22.0. The topological polar surface area (TPSA) is 131 Å². The number of ether oxygens (including phenoxy) is 1. The fourth-order valence-electron chi connectivity index (χ4n) is 5.13. The molecule has 10 nitrogen and oxygen atoms in total. The van der Waals surface area contributed by atoms with Crippen LogP contribution in [0.3, 0.4) is 0 Å². The number of aromatic nitrogens is 2. The normalized spacial score (nSPS) is 22.4. The van der Waals surface area contributed by atoms with Crippen LogP contribution in [0.1, 0.15) is 83.6 Å². The maximum atomic E-state index is 13.8. The van der Waals surface area contributed by atoms with E-state index in [1.807, 2.05) is 27.7 Å². The van der Waals surface area contributed by atoms with Gasteiger partial charge in [0.1, 0.15) is 23.3 Å². The molecule has 2 fully saturated rings. The highest BCUT2D eigenvalue weighted by atomic mass is 16.5. The van der Waals surface area contributed by atoms with Gasteiger partial charge in [-0.25, -0.2) is 9.78 Å². The molecule has 0 unspecified atom stereocenters. The third kappa shape index (κ3) is 6.02. The fraction of sp³-hybridized carbons (Fsp3) is 0.692. The van der Waals surface area contributed by atoms with E-state index in [9.17, 15) is 19.2 Å². The standard InChI is InChI=1S/C26H39N5O5/c1-6-36-23(34)19-17(2)10-15-31(19)22(33)20(25(3,4)5)29-24(35)26(11-8-7-9-12-26)30-21(32)18-16-27-13-14-28-18/h13-14,16-17,19-20H,6-12,15H2,1-5H3,(H,29,35)(H,30,32)/t17-,19-,20+/m0/s1. The number of esters is 1. The summed E-state index contributed by atoms with van der Waals surface area (Å²) < 4.78 is 5.24. The SMILES string of the molecule is CCOC(=O)[C@@H]1[C@@H](C)CCN1C(=O)[C@@H](NC(=O)C1(NC(=O)c2cnccn2)CCCCC1)C(C)(C)C. The lowest BCUT2D eigenvalue weighted by molar-refractivity contribution is -0.156. The van der Waals surface area contributed by atoms with Gasteiger partial charge in [0.05, 0.1) is 12.8 Å². The number of hydrogen-bond acceptors (Lipinski definition) is 7. The molecule has 0 bridgehead atoms. The number of carbonyl (C=O) groups excluding carboxylic acids is 4. The molecule has 0 spiro atoms. The molecule has 3 amide bonds. The third-order valence-electron chi connectivity index (χ3n) is 7.19. The predicted molar refractivity (Wildman–Crippen MR) is 133 cm³/mol. The summed E-state index contributed by atoms with van der Waals surface area (Å²) in [5.74, 6) is -1.65. The largest absolute Gasteiger partial charge is 0.464 e. The lowest BCUT2D eigenvalue weighted by atomic mass is 9.79. The zero-order chi connectivity index (χ0) is 26.5. The monoisotopic (exact) mass is 501 g/mol. The van der Waals surface area contributed by atoms with Gasteiger partial charge in [0.15, 0.2) is 0 Å². The summed E-state index contributed by atoms with van der Waals surface area (Å²) in [6, 6.07) is -1.57. The van der Waals surface area contributed by atoms with Gasteiger partial charge in [-0.3, -0.25) is 19.4 Å². The van der Waals surface area contributed by atoms with Gasteiger partial charge in [-0.05, 0) is 37.5 Å². The lowest BCUT2D eigenvalue weighted by Crippen LogP contribution is -2.65. The second kappa shape index (κ2) is 11.3. The van der Waals surface area contributed by atoms with Gasteiger partial charge in [-0.2, -0.15) is 0 Å². The van der Waals surface area contributed by atoms with Crippen LogP contribution in [0.4, 0.5) is 0 Å². The van der Waals surface area contributed by atoms with Crippen LogP contribution in [0.25, 0.3) is 0 Å². The van der Waals surface area contributed by atoms with Crippen LogP contribution >= 0.6 is 0 Å². The Labute approximate surface area is 213 Å². The Kier molecular flexibility index (Phi) is 8.68. The van der Waals surface area contributed by atoms with Crippen molar-refractivity contribution in [2.45, 2.75) is 90.8 Å². The van der Waals surface area contributed by atoms with Crippen LogP contribution < -0.4 is 10.6 Å². The van der Waals surface area contributed by atoms with E-state index in [1.165, 1.54) is 18.6 Å². The predicted octanol–water partition coefficient (Wildman–Crippen LogP) is 2.24. The van der Waals surface area contributed by atoms with Gasteiger partial charge >= 0.3 is 5.97 Å². The lowest BCUT2D eigenvalue weighted by Gasteiger charge is -2.41. The number of carbonyl (C=O) groups is 4. The van der Waals surface area contributed by atoms with Gasteiger partial charge in [-0.15, -0.1) is 0 Å². The summed E-state index contributed by atoms with van der Waals surface area (Å²) in [5, 5.41) is 5.89. The Morgan fingerprint density at radius 3 is 2.44 bits per heavy atom. The van der Waals surface area contributed by atoms with Gasteiger partial charge in [-0.1, -0.05) is 47.0 Å². The number of amides is 3. The van der Waals surface area contributed by atoms with Crippen molar-refractivity contribution in [3.63, 3.8) is 0 Å². The van der Waals surface area contributed by atoms with Crippen molar-refractivity contribution in [3.8, 4) is 0 Å². The molecule has 1 aromatic rings. The quantitative estimate of drug-likeness (QED) is 0.548. The van der Waals surface area contributed by atoms with Gasteiger partial charge in [0, 0.05) is 18.9 Å². The molecule has 2 heterocycles. The second-order valence-corrected chi connectivity index (χ2v) is 11.0. The van der Waals surface area contributed by atoms with E-state index in [4.69, 9.17) is 4.74 Å². The number of rotatable bonds is 7. The molecule has 1 aliphatic carbocycles. The number of nitrogens with one attached hydrogen (secondary N) is 2. The first-order valence-corrected chi connectivity index (χ1v) is 12.9. The second-order valence-electron chi connectivity index (χ2n) is 11.0. The van der Waals surface area contributed by atoms with E-state index in [-0.39, 0.29) is 24.1 Å². The molecule has 198 valence electrons.